The molecule has 0 spiro atoms. The molecule has 2 aromatic rings. The molecule has 5 heteroatoms. The van der Waals surface area contributed by atoms with Gasteiger partial charge in [-0.2, -0.15) is 0 Å². The number of anilines is 1. The van der Waals surface area contributed by atoms with Crippen LogP contribution in [0.15, 0.2) is 48.5 Å². The van der Waals surface area contributed by atoms with E-state index in [1.165, 1.54) is 0 Å². The third kappa shape index (κ3) is 5.70. The Kier molecular flexibility index (Phi) is 6.82. The Morgan fingerprint density at radius 2 is 1.58 bits per heavy atom. The smallest absolute Gasteiger partial charge is 0.224 e. The minimum atomic E-state index is -0.0481. The summed E-state index contributed by atoms with van der Waals surface area (Å²) >= 11 is 6.09. The summed E-state index contributed by atoms with van der Waals surface area (Å²) in [6, 6.07) is 15.1. The number of nitrogens with one attached hydrogen (secondary N) is 2. The molecule has 0 unspecified atom stereocenters. The molecule has 126 valence electrons. The van der Waals surface area contributed by atoms with Gasteiger partial charge in [0.1, 0.15) is 0 Å². The molecule has 0 aliphatic heterocycles. The molecule has 0 saturated heterocycles. The van der Waals surface area contributed by atoms with Gasteiger partial charge in [0.05, 0.1) is 0 Å². The number of benzene rings is 2. The van der Waals surface area contributed by atoms with Gasteiger partial charge < -0.3 is 10.6 Å². The summed E-state index contributed by atoms with van der Waals surface area (Å²) in [7, 11) is 1.63. The quantitative estimate of drug-likeness (QED) is 0.806. The molecule has 0 fully saturated rings. The maximum absolute atomic E-state index is 12.0. The lowest BCUT2D eigenvalue weighted by Gasteiger charge is -2.07. The second-order valence-electron chi connectivity index (χ2n) is 5.51. The summed E-state index contributed by atoms with van der Waals surface area (Å²) in [4.78, 5) is 23.3. The minimum Gasteiger partial charge on any atom is -0.359 e. The third-order valence-corrected chi connectivity index (χ3v) is 4.11. The van der Waals surface area contributed by atoms with E-state index < -0.39 is 0 Å². The van der Waals surface area contributed by atoms with E-state index in [9.17, 15) is 9.59 Å². The summed E-state index contributed by atoms with van der Waals surface area (Å²) in [5, 5.41) is 6.16. The van der Waals surface area contributed by atoms with Crippen molar-refractivity contribution in [1.29, 1.82) is 0 Å². The molecule has 0 heterocycles. The first kappa shape index (κ1) is 18.0. The van der Waals surface area contributed by atoms with Gasteiger partial charge in [0, 0.05) is 30.6 Å². The van der Waals surface area contributed by atoms with E-state index in [1.807, 2.05) is 48.5 Å². The Bertz CT molecular complexity index is 699. The van der Waals surface area contributed by atoms with Crippen molar-refractivity contribution >= 4 is 29.1 Å². The van der Waals surface area contributed by atoms with Crippen LogP contribution in [0, 0.1) is 0 Å². The van der Waals surface area contributed by atoms with Crippen LogP contribution >= 0.6 is 11.6 Å². The molecular formula is C19H21ClN2O2. The number of aryl methyl sites for hydroxylation is 2. The van der Waals surface area contributed by atoms with Crippen molar-refractivity contribution in [3.05, 3.63) is 64.7 Å². The highest BCUT2D eigenvalue weighted by atomic mass is 35.5. The highest BCUT2D eigenvalue weighted by Crippen LogP contribution is 2.17. The van der Waals surface area contributed by atoms with Crippen LogP contribution in [0.25, 0.3) is 0 Å². The predicted molar refractivity (Wildman–Crippen MR) is 97.2 cm³/mol. The van der Waals surface area contributed by atoms with Crippen molar-refractivity contribution in [1.82, 2.24) is 5.32 Å². The first-order valence-electron chi connectivity index (χ1n) is 7.91. The van der Waals surface area contributed by atoms with Crippen LogP contribution in [-0.2, 0) is 22.4 Å². The SMILES string of the molecule is CNC(=O)CCc1ccc(NC(=O)CCc2ccccc2Cl)cc1. The van der Waals surface area contributed by atoms with Gasteiger partial charge in [0.15, 0.2) is 0 Å². The molecule has 4 nitrogen and oxygen atoms in total. The Balaban J connectivity index is 1.81. The fourth-order valence-corrected chi connectivity index (χ4v) is 2.54. The number of halogens is 1. The molecule has 2 aromatic carbocycles. The Hall–Kier alpha value is -2.33. The molecule has 2 amide bonds. The van der Waals surface area contributed by atoms with Crippen LogP contribution in [0.4, 0.5) is 5.69 Å². The Labute approximate surface area is 147 Å². The van der Waals surface area contributed by atoms with Gasteiger partial charge in [-0.15, -0.1) is 0 Å². The van der Waals surface area contributed by atoms with Gasteiger partial charge in [-0.3, -0.25) is 9.59 Å². The van der Waals surface area contributed by atoms with E-state index in [0.29, 0.717) is 30.7 Å². The number of rotatable bonds is 7. The summed E-state index contributed by atoms with van der Waals surface area (Å²) < 4.78 is 0. The monoisotopic (exact) mass is 344 g/mol. The van der Waals surface area contributed by atoms with Gasteiger partial charge in [0.2, 0.25) is 11.8 Å². The molecule has 0 aromatic heterocycles. The van der Waals surface area contributed by atoms with E-state index in [4.69, 9.17) is 11.6 Å². The first-order chi connectivity index (χ1) is 11.6. The van der Waals surface area contributed by atoms with Crippen LogP contribution in [-0.4, -0.2) is 18.9 Å². The van der Waals surface area contributed by atoms with Gasteiger partial charge in [0.25, 0.3) is 0 Å². The number of amides is 2. The number of hydrogen-bond acceptors (Lipinski definition) is 2. The maximum atomic E-state index is 12.0. The molecule has 0 aliphatic rings. The van der Waals surface area contributed by atoms with Crippen molar-refractivity contribution in [2.24, 2.45) is 0 Å². The molecule has 0 radical (unpaired) electrons. The zero-order valence-electron chi connectivity index (χ0n) is 13.6. The topological polar surface area (TPSA) is 58.2 Å². The van der Waals surface area contributed by atoms with Gasteiger partial charge >= 0.3 is 0 Å². The average molecular weight is 345 g/mol. The maximum Gasteiger partial charge on any atom is 0.224 e. The van der Waals surface area contributed by atoms with Crippen molar-refractivity contribution in [3.8, 4) is 0 Å². The molecule has 0 aliphatic carbocycles. The van der Waals surface area contributed by atoms with Gasteiger partial charge in [-0.1, -0.05) is 41.9 Å². The predicted octanol–water partition coefficient (Wildman–Crippen LogP) is 3.59. The number of carbonyl (C=O) groups is 2. The number of hydrogen-bond donors (Lipinski definition) is 2. The second-order valence-corrected chi connectivity index (χ2v) is 5.92. The summed E-state index contributed by atoms with van der Waals surface area (Å²) in [5.74, 6) is -0.0278. The normalized spacial score (nSPS) is 10.2. The largest absolute Gasteiger partial charge is 0.359 e. The molecular weight excluding hydrogens is 324 g/mol. The summed E-state index contributed by atoms with van der Waals surface area (Å²) in [6.07, 6.45) is 2.12. The fraction of sp³-hybridized carbons (Fsp3) is 0.263. The van der Waals surface area contributed by atoms with Crippen molar-refractivity contribution in [2.45, 2.75) is 25.7 Å². The average Bonchev–Trinajstić information content (AvgIpc) is 2.60. The van der Waals surface area contributed by atoms with E-state index >= 15 is 0 Å². The third-order valence-electron chi connectivity index (χ3n) is 3.74. The van der Waals surface area contributed by atoms with E-state index in [0.717, 1.165) is 16.8 Å². The lowest BCUT2D eigenvalue weighted by atomic mass is 10.1. The first-order valence-corrected chi connectivity index (χ1v) is 8.29. The molecule has 0 atom stereocenters. The summed E-state index contributed by atoms with van der Waals surface area (Å²) in [6.45, 7) is 0. The second kappa shape index (κ2) is 9.08. The molecule has 0 saturated carbocycles. The highest BCUT2D eigenvalue weighted by molar-refractivity contribution is 6.31. The molecule has 2 rings (SSSR count). The van der Waals surface area contributed by atoms with Crippen molar-refractivity contribution < 1.29 is 9.59 Å². The molecule has 2 N–H and O–H groups in total. The molecule has 24 heavy (non-hydrogen) atoms. The summed E-state index contributed by atoms with van der Waals surface area (Å²) in [5.41, 5.74) is 2.79. The van der Waals surface area contributed by atoms with E-state index in [-0.39, 0.29) is 11.8 Å². The van der Waals surface area contributed by atoms with E-state index in [1.54, 1.807) is 7.05 Å². The lowest BCUT2D eigenvalue weighted by molar-refractivity contribution is -0.120. The van der Waals surface area contributed by atoms with Gasteiger partial charge in [-0.25, -0.2) is 0 Å². The number of carbonyl (C=O) groups excluding carboxylic acids is 2. The Morgan fingerprint density at radius 1 is 0.917 bits per heavy atom. The minimum absolute atomic E-state index is 0.0203. The Morgan fingerprint density at radius 3 is 2.25 bits per heavy atom. The highest BCUT2D eigenvalue weighted by Gasteiger charge is 2.06. The van der Waals surface area contributed by atoms with Crippen LogP contribution in [0.3, 0.4) is 0 Å². The van der Waals surface area contributed by atoms with E-state index in [2.05, 4.69) is 10.6 Å². The van der Waals surface area contributed by atoms with Crippen LogP contribution in [0.2, 0.25) is 5.02 Å². The lowest BCUT2D eigenvalue weighted by Crippen LogP contribution is -2.17. The van der Waals surface area contributed by atoms with Gasteiger partial charge in [-0.05, 0) is 42.2 Å². The van der Waals surface area contributed by atoms with Crippen LogP contribution in [0.1, 0.15) is 24.0 Å². The standard InChI is InChI=1S/C19H21ClN2O2/c1-21-18(23)12-8-14-6-10-16(11-7-14)22-19(24)13-9-15-4-2-3-5-17(15)20/h2-7,10-11H,8-9,12-13H2,1H3,(H,21,23)(H,22,24). The fourth-order valence-electron chi connectivity index (χ4n) is 2.31. The van der Waals surface area contributed by atoms with Crippen molar-refractivity contribution in [3.63, 3.8) is 0 Å². The zero-order chi connectivity index (χ0) is 17.4. The van der Waals surface area contributed by atoms with Crippen LogP contribution < -0.4 is 10.6 Å². The van der Waals surface area contributed by atoms with Crippen molar-refractivity contribution in [2.75, 3.05) is 12.4 Å². The zero-order valence-corrected chi connectivity index (χ0v) is 14.4. The molecule has 0 bridgehead atoms. The van der Waals surface area contributed by atoms with Crippen LogP contribution in [0.5, 0.6) is 0 Å².